The first-order chi connectivity index (χ1) is 8.08. The molecule has 0 aliphatic rings. The van der Waals surface area contributed by atoms with E-state index in [1.807, 2.05) is 0 Å². The maximum atomic E-state index is 10.9. The van der Waals surface area contributed by atoms with Gasteiger partial charge in [0.05, 0.1) is 9.95 Å². The predicted molar refractivity (Wildman–Crippen MR) is 66.8 cm³/mol. The number of halogens is 2. The van der Waals surface area contributed by atoms with Gasteiger partial charge in [-0.05, 0) is 22.0 Å². The van der Waals surface area contributed by atoms with Gasteiger partial charge < -0.3 is 0 Å². The van der Waals surface area contributed by atoms with Gasteiger partial charge in [-0.3, -0.25) is 15.1 Å². The molecule has 0 atom stereocenters. The smallest absolute Gasteiger partial charge is 0.262 e. The van der Waals surface area contributed by atoms with Crippen molar-refractivity contribution in [1.82, 2.24) is 9.97 Å². The largest absolute Gasteiger partial charge is 0.296 e. The summed E-state index contributed by atoms with van der Waals surface area (Å²) in [5.74, 6) is 0. The molecule has 0 saturated heterocycles. The number of nitro groups is 1. The molecule has 0 aliphatic carbocycles. The van der Waals surface area contributed by atoms with E-state index in [1.165, 1.54) is 24.7 Å². The van der Waals surface area contributed by atoms with Crippen molar-refractivity contribution in [3.05, 3.63) is 50.3 Å². The Morgan fingerprint density at radius 3 is 2.71 bits per heavy atom. The van der Waals surface area contributed by atoms with Crippen LogP contribution in [-0.4, -0.2) is 14.9 Å². The number of nitrogens with zero attached hydrogens (tertiary/aromatic N) is 3. The second kappa shape index (κ2) is 4.77. The van der Waals surface area contributed by atoms with Gasteiger partial charge in [0.2, 0.25) is 0 Å². The van der Waals surface area contributed by atoms with E-state index in [2.05, 4.69) is 25.9 Å². The summed E-state index contributed by atoms with van der Waals surface area (Å²) < 4.78 is 0.544. The van der Waals surface area contributed by atoms with Crippen molar-refractivity contribution in [3.63, 3.8) is 0 Å². The van der Waals surface area contributed by atoms with Crippen LogP contribution in [0.2, 0.25) is 5.02 Å². The fourth-order valence-electron chi connectivity index (χ4n) is 1.33. The van der Waals surface area contributed by atoms with E-state index in [4.69, 9.17) is 11.6 Å². The standard InChI is InChI=1S/C10H5BrClN3O2/c11-7-2-9(15(16)17)10(14-4-7)6-1-8(12)5-13-3-6/h1-5H. The molecule has 7 heteroatoms. The summed E-state index contributed by atoms with van der Waals surface area (Å²) in [6.07, 6.45) is 4.42. The molecule has 0 saturated carbocycles. The molecular formula is C10H5BrClN3O2. The van der Waals surface area contributed by atoms with Crippen molar-refractivity contribution >= 4 is 33.2 Å². The second-order valence-corrected chi connectivity index (χ2v) is 4.52. The van der Waals surface area contributed by atoms with E-state index in [-0.39, 0.29) is 11.4 Å². The Morgan fingerprint density at radius 2 is 2.06 bits per heavy atom. The quantitative estimate of drug-likeness (QED) is 0.628. The molecule has 2 aromatic heterocycles. The average Bonchev–Trinajstić information content (AvgIpc) is 2.28. The highest BCUT2D eigenvalue weighted by Gasteiger charge is 2.17. The topological polar surface area (TPSA) is 68.9 Å². The molecule has 0 unspecified atom stereocenters. The molecule has 2 aromatic rings. The Morgan fingerprint density at radius 1 is 1.29 bits per heavy atom. The van der Waals surface area contributed by atoms with Crippen LogP contribution in [0.4, 0.5) is 5.69 Å². The monoisotopic (exact) mass is 313 g/mol. The summed E-state index contributed by atoms with van der Waals surface area (Å²) in [4.78, 5) is 18.3. The van der Waals surface area contributed by atoms with Gasteiger partial charge in [0, 0.05) is 34.7 Å². The number of pyridine rings is 2. The lowest BCUT2D eigenvalue weighted by Crippen LogP contribution is -1.95. The molecule has 0 radical (unpaired) electrons. The minimum absolute atomic E-state index is 0.0940. The lowest BCUT2D eigenvalue weighted by molar-refractivity contribution is -0.384. The summed E-state index contributed by atoms with van der Waals surface area (Å²) >= 11 is 8.93. The van der Waals surface area contributed by atoms with Crippen molar-refractivity contribution in [3.8, 4) is 11.3 Å². The second-order valence-electron chi connectivity index (χ2n) is 3.17. The molecule has 2 rings (SSSR count). The summed E-state index contributed by atoms with van der Waals surface area (Å²) in [6, 6.07) is 2.97. The SMILES string of the molecule is O=[N+]([O-])c1cc(Br)cnc1-c1cncc(Cl)c1. The summed E-state index contributed by atoms with van der Waals surface area (Å²) in [5.41, 5.74) is 0.661. The Kier molecular flexibility index (Phi) is 3.35. The van der Waals surface area contributed by atoms with Crippen LogP contribution in [0.3, 0.4) is 0 Å². The molecule has 0 N–H and O–H groups in total. The van der Waals surface area contributed by atoms with Crippen LogP contribution >= 0.6 is 27.5 Å². The van der Waals surface area contributed by atoms with Gasteiger partial charge in [-0.25, -0.2) is 4.98 Å². The summed E-state index contributed by atoms with van der Waals surface area (Å²) in [7, 11) is 0. The molecule has 5 nitrogen and oxygen atoms in total. The molecule has 0 amide bonds. The Balaban J connectivity index is 2.63. The van der Waals surface area contributed by atoms with Gasteiger partial charge >= 0.3 is 0 Å². The van der Waals surface area contributed by atoms with Crippen molar-refractivity contribution in [1.29, 1.82) is 0 Å². The minimum Gasteiger partial charge on any atom is -0.262 e. The van der Waals surface area contributed by atoms with E-state index in [1.54, 1.807) is 6.07 Å². The molecule has 0 spiro atoms. The molecule has 86 valence electrons. The lowest BCUT2D eigenvalue weighted by atomic mass is 10.1. The third-order valence-electron chi connectivity index (χ3n) is 2.01. The molecule has 0 aromatic carbocycles. The Labute approximate surface area is 110 Å². The normalized spacial score (nSPS) is 10.2. The van der Waals surface area contributed by atoms with Crippen LogP contribution in [0, 0.1) is 10.1 Å². The van der Waals surface area contributed by atoms with Gasteiger partial charge in [-0.2, -0.15) is 0 Å². The Hall–Kier alpha value is -1.53. The van der Waals surface area contributed by atoms with Crippen molar-refractivity contribution in [2.75, 3.05) is 0 Å². The van der Waals surface area contributed by atoms with Crippen LogP contribution in [0.25, 0.3) is 11.3 Å². The zero-order valence-electron chi connectivity index (χ0n) is 8.30. The fourth-order valence-corrected chi connectivity index (χ4v) is 1.82. The number of hydrogen-bond donors (Lipinski definition) is 0. The van der Waals surface area contributed by atoms with Crippen LogP contribution < -0.4 is 0 Å². The Bertz CT molecular complexity index is 592. The van der Waals surface area contributed by atoms with E-state index < -0.39 is 4.92 Å². The van der Waals surface area contributed by atoms with Crippen LogP contribution in [-0.2, 0) is 0 Å². The van der Waals surface area contributed by atoms with Gasteiger partial charge in [0.1, 0.15) is 5.69 Å². The highest BCUT2D eigenvalue weighted by Crippen LogP contribution is 2.30. The van der Waals surface area contributed by atoms with Crippen LogP contribution in [0.1, 0.15) is 0 Å². The number of rotatable bonds is 2. The van der Waals surface area contributed by atoms with Gasteiger partial charge in [0.15, 0.2) is 0 Å². The number of hydrogen-bond acceptors (Lipinski definition) is 4. The van der Waals surface area contributed by atoms with Crippen LogP contribution in [0.5, 0.6) is 0 Å². The lowest BCUT2D eigenvalue weighted by Gasteiger charge is -2.02. The third-order valence-corrected chi connectivity index (χ3v) is 2.65. The maximum absolute atomic E-state index is 10.9. The first-order valence-electron chi connectivity index (χ1n) is 4.49. The predicted octanol–water partition coefficient (Wildman–Crippen LogP) is 3.47. The van der Waals surface area contributed by atoms with Gasteiger partial charge in [-0.15, -0.1) is 0 Å². The molecule has 2 heterocycles. The maximum Gasteiger partial charge on any atom is 0.296 e. The van der Waals surface area contributed by atoms with E-state index in [0.29, 0.717) is 15.1 Å². The molecular weight excluding hydrogens is 309 g/mol. The highest BCUT2D eigenvalue weighted by atomic mass is 79.9. The number of aromatic nitrogens is 2. The highest BCUT2D eigenvalue weighted by molar-refractivity contribution is 9.10. The molecule has 0 fully saturated rings. The molecule has 0 aliphatic heterocycles. The van der Waals surface area contributed by atoms with Gasteiger partial charge in [-0.1, -0.05) is 11.6 Å². The zero-order chi connectivity index (χ0) is 12.4. The fraction of sp³-hybridized carbons (Fsp3) is 0. The van der Waals surface area contributed by atoms with E-state index in [0.717, 1.165) is 0 Å². The van der Waals surface area contributed by atoms with Crippen molar-refractivity contribution < 1.29 is 4.92 Å². The summed E-state index contributed by atoms with van der Waals surface area (Å²) in [6.45, 7) is 0. The van der Waals surface area contributed by atoms with E-state index in [9.17, 15) is 10.1 Å². The zero-order valence-corrected chi connectivity index (χ0v) is 10.6. The average molecular weight is 315 g/mol. The third kappa shape index (κ3) is 2.59. The molecule has 17 heavy (non-hydrogen) atoms. The van der Waals surface area contributed by atoms with Crippen molar-refractivity contribution in [2.45, 2.75) is 0 Å². The van der Waals surface area contributed by atoms with Crippen molar-refractivity contribution in [2.24, 2.45) is 0 Å². The minimum atomic E-state index is -0.492. The molecule has 0 bridgehead atoms. The van der Waals surface area contributed by atoms with Gasteiger partial charge in [0.25, 0.3) is 5.69 Å². The summed E-state index contributed by atoms with van der Waals surface area (Å²) in [5, 5.41) is 11.3. The van der Waals surface area contributed by atoms with Crippen LogP contribution in [0.15, 0.2) is 35.2 Å². The first-order valence-corrected chi connectivity index (χ1v) is 5.66. The first kappa shape index (κ1) is 11.9. The van der Waals surface area contributed by atoms with E-state index >= 15 is 0 Å².